The number of hydrogen-bond acceptors (Lipinski definition) is 4. The summed E-state index contributed by atoms with van der Waals surface area (Å²) in [5.41, 5.74) is 4.97. The SMILES string of the molecule is CC(O)CN(CCC(=O)O)CC(N)=O. The molecule has 0 saturated heterocycles. The van der Waals surface area contributed by atoms with Crippen molar-refractivity contribution < 1.29 is 19.8 Å². The van der Waals surface area contributed by atoms with Gasteiger partial charge in [0.25, 0.3) is 0 Å². The Morgan fingerprint density at radius 1 is 1.50 bits per heavy atom. The molecule has 0 aliphatic heterocycles. The van der Waals surface area contributed by atoms with E-state index in [1.54, 1.807) is 6.92 Å². The van der Waals surface area contributed by atoms with E-state index in [0.717, 1.165) is 0 Å². The third kappa shape index (κ3) is 7.51. The highest BCUT2D eigenvalue weighted by Crippen LogP contribution is 1.94. The zero-order chi connectivity index (χ0) is 11.1. The maximum atomic E-state index is 10.6. The molecule has 0 aliphatic carbocycles. The van der Waals surface area contributed by atoms with Crippen molar-refractivity contribution in [3.8, 4) is 0 Å². The number of amides is 1. The topological polar surface area (TPSA) is 104 Å². The Morgan fingerprint density at radius 2 is 2.07 bits per heavy atom. The zero-order valence-electron chi connectivity index (χ0n) is 8.14. The van der Waals surface area contributed by atoms with E-state index in [1.807, 2.05) is 0 Å². The largest absolute Gasteiger partial charge is 0.481 e. The molecule has 0 aliphatic rings. The number of rotatable bonds is 7. The molecule has 1 unspecified atom stereocenters. The monoisotopic (exact) mass is 204 g/mol. The average molecular weight is 204 g/mol. The van der Waals surface area contributed by atoms with Crippen LogP contribution in [0.25, 0.3) is 0 Å². The first-order valence-electron chi connectivity index (χ1n) is 4.32. The van der Waals surface area contributed by atoms with Crippen molar-refractivity contribution in [2.75, 3.05) is 19.6 Å². The first kappa shape index (κ1) is 12.9. The standard InChI is InChI=1S/C8H16N2O4/c1-6(11)4-10(5-7(9)12)3-2-8(13)14/h6,11H,2-5H2,1H3,(H2,9,12)(H,13,14). The second-order valence-electron chi connectivity index (χ2n) is 3.19. The Balaban J connectivity index is 3.96. The minimum Gasteiger partial charge on any atom is -0.481 e. The van der Waals surface area contributed by atoms with Gasteiger partial charge in [-0.3, -0.25) is 14.5 Å². The summed E-state index contributed by atoms with van der Waals surface area (Å²) in [6, 6.07) is 0. The van der Waals surface area contributed by atoms with Crippen LogP contribution in [-0.4, -0.2) is 52.7 Å². The summed E-state index contributed by atoms with van der Waals surface area (Å²) in [6.45, 7) is 1.99. The van der Waals surface area contributed by atoms with E-state index in [0.29, 0.717) is 0 Å². The van der Waals surface area contributed by atoms with Crippen LogP contribution < -0.4 is 5.73 Å². The number of carboxylic acid groups (broad SMARTS) is 1. The molecule has 1 amide bonds. The van der Waals surface area contributed by atoms with Gasteiger partial charge in [-0.15, -0.1) is 0 Å². The lowest BCUT2D eigenvalue weighted by Crippen LogP contribution is -2.39. The van der Waals surface area contributed by atoms with Gasteiger partial charge in [0.2, 0.25) is 5.91 Å². The molecule has 0 aromatic heterocycles. The number of nitrogens with zero attached hydrogens (tertiary/aromatic N) is 1. The van der Waals surface area contributed by atoms with Crippen LogP contribution in [0.4, 0.5) is 0 Å². The molecular weight excluding hydrogens is 188 g/mol. The predicted octanol–water partition coefficient (Wildman–Crippen LogP) is -1.37. The summed E-state index contributed by atoms with van der Waals surface area (Å²) in [5.74, 6) is -1.47. The molecule has 0 aromatic carbocycles. The van der Waals surface area contributed by atoms with Gasteiger partial charge >= 0.3 is 5.97 Å². The van der Waals surface area contributed by atoms with Crippen LogP contribution in [0, 0.1) is 0 Å². The van der Waals surface area contributed by atoms with Crippen LogP contribution in [0.15, 0.2) is 0 Å². The van der Waals surface area contributed by atoms with Crippen LogP contribution in [0.1, 0.15) is 13.3 Å². The van der Waals surface area contributed by atoms with Crippen molar-refractivity contribution in [2.45, 2.75) is 19.4 Å². The average Bonchev–Trinajstić information content (AvgIpc) is 1.97. The summed E-state index contributed by atoms with van der Waals surface area (Å²) in [4.78, 5) is 22.4. The smallest absolute Gasteiger partial charge is 0.304 e. The van der Waals surface area contributed by atoms with Gasteiger partial charge in [0.05, 0.1) is 19.1 Å². The van der Waals surface area contributed by atoms with E-state index < -0.39 is 18.0 Å². The minimum absolute atomic E-state index is 0.0296. The second-order valence-corrected chi connectivity index (χ2v) is 3.19. The van der Waals surface area contributed by atoms with E-state index in [2.05, 4.69) is 0 Å². The normalized spacial score (nSPS) is 12.8. The van der Waals surface area contributed by atoms with Crippen LogP contribution in [0.2, 0.25) is 0 Å². The number of carbonyl (C=O) groups is 2. The fourth-order valence-electron chi connectivity index (χ4n) is 1.08. The molecule has 4 N–H and O–H groups in total. The lowest BCUT2D eigenvalue weighted by Gasteiger charge is -2.20. The maximum absolute atomic E-state index is 10.6. The molecule has 82 valence electrons. The molecule has 0 radical (unpaired) electrons. The number of hydrogen-bond donors (Lipinski definition) is 3. The lowest BCUT2D eigenvalue weighted by atomic mass is 10.3. The fraction of sp³-hybridized carbons (Fsp3) is 0.750. The third-order valence-electron chi connectivity index (χ3n) is 1.54. The van der Waals surface area contributed by atoms with Crippen molar-refractivity contribution in [1.29, 1.82) is 0 Å². The molecular formula is C8H16N2O4. The molecule has 0 rings (SSSR count). The fourth-order valence-corrected chi connectivity index (χ4v) is 1.08. The van der Waals surface area contributed by atoms with Gasteiger partial charge in [-0.05, 0) is 6.92 Å². The number of nitrogens with two attached hydrogens (primary N) is 1. The van der Waals surface area contributed by atoms with Gasteiger partial charge in [0.1, 0.15) is 0 Å². The molecule has 0 bridgehead atoms. The summed E-state index contributed by atoms with van der Waals surface area (Å²) in [6.07, 6.45) is -0.678. The first-order valence-corrected chi connectivity index (χ1v) is 4.32. The molecule has 0 heterocycles. The highest BCUT2D eigenvalue weighted by molar-refractivity contribution is 5.76. The second kappa shape index (κ2) is 6.33. The number of aliphatic hydroxyl groups is 1. The molecule has 1 atom stereocenters. The lowest BCUT2D eigenvalue weighted by molar-refractivity contribution is -0.137. The van der Waals surface area contributed by atoms with E-state index in [4.69, 9.17) is 15.9 Å². The Morgan fingerprint density at radius 3 is 2.43 bits per heavy atom. The Kier molecular flexibility index (Phi) is 5.82. The number of carboxylic acids is 1. The van der Waals surface area contributed by atoms with Gasteiger partial charge < -0.3 is 15.9 Å². The van der Waals surface area contributed by atoms with E-state index in [1.165, 1.54) is 4.90 Å². The van der Waals surface area contributed by atoms with Crippen LogP contribution in [-0.2, 0) is 9.59 Å². The molecule has 6 nitrogen and oxygen atoms in total. The highest BCUT2D eigenvalue weighted by Gasteiger charge is 2.12. The molecule has 0 spiro atoms. The number of aliphatic hydroxyl groups excluding tert-OH is 1. The quantitative estimate of drug-likeness (QED) is 0.474. The van der Waals surface area contributed by atoms with Crippen LogP contribution >= 0.6 is 0 Å². The predicted molar refractivity (Wildman–Crippen MR) is 49.6 cm³/mol. The minimum atomic E-state index is -0.940. The Bertz CT molecular complexity index is 206. The third-order valence-corrected chi connectivity index (χ3v) is 1.54. The zero-order valence-corrected chi connectivity index (χ0v) is 8.14. The van der Waals surface area contributed by atoms with Crippen molar-refractivity contribution in [1.82, 2.24) is 4.90 Å². The Hall–Kier alpha value is -1.14. The molecule has 6 heteroatoms. The van der Waals surface area contributed by atoms with Crippen molar-refractivity contribution in [3.05, 3.63) is 0 Å². The number of aliphatic carboxylic acids is 1. The summed E-state index contributed by atoms with van der Waals surface area (Å²) < 4.78 is 0. The van der Waals surface area contributed by atoms with Crippen LogP contribution in [0.5, 0.6) is 0 Å². The van der Waals surface area contributed by atoms with Crippen LogP contribution in [0.3, 0.4) is 0 Å². The van der Waals surface area contributed by atoms with Gasteiger partial charge in [0.15, 0.2) is 0 Å². The summed E-state index contributed by atoms with van der Waals surface area (Å²) in [5, 5.41) is 17.5. The molecule has 14 heavy (non-hydrogen) atoms. The summed E-state index contributed by atoms with van der Waals surface area (Å²) >= 11 is 0. The van der Waals surface area contributed by atoms with E-state index in [-0.39, 0.29) is 26.1 Å². The molecule has 0 saturated carbocycles. The Labute approximate surface area is 82.3 Å². The van der Waals surface area contributed by atoms with Gasteiger partial charge in [-0.2, -0.15) is 0 Å². The van der Waals surface area contributed by atoms with E-state index >= 15 is 0 Å². The van der Waals surface area contributed by atoms with Crippen molar-refractivity contribution in [3.63, 3.8) is 0 Å². The molecule has 0 fully saturated rings. The number of primary amides is 1. The van der Waals surface area contributed by atoms with Gasteiger partial charge in [-0.25, -0.2) is 0 Å². The van der Waals surface area contributed by atoms with Gasteiger partial charge in [0, 0.05) is 13.1 Å². The summed E-state index contributed by atoms with van der Waals surface area (Å²) in [7, 11) is 0. The van der Waals surface area contributed by atoms with Crippen molar-refractivity contribution in [2.24, 2.45) is 5.73 Å². The van der Waals surface area contributed by atoms with Gasteiger partial charge in [-0.1, -0.05) is 0 Å². The molecule has 0 aromatic rings. The maximum Gasteiger partial charge on any atom is 0.304 e. The van der Waals surface area contributed by atoms with Crippen molar-refractivity contribution >= 4 is 11.9 Å². The van der Waals surface area contributed by atoms with E-state index in [9.17, 15) is 9.59 Å². The first-order chi connectivity index (χ1) is 6.41. The number of carbonyl (C=O) groups excluding carboxylic acids is 1. The highest BCUT2D eigenvalue weighted by atomic mass is 16.4.